The summed E-state index contributed by atoms with van der Waals surface area (Å²) in [5, 5.41) is 124. The van der Waals surface area contributed by atoms with Gasteiger partial charge in [-0.1, -0.05) is 122 Å². The molecular weight excluding hydrogens is 1980 g/mol. The highest BCUT2D eigenvalue weighted by molar-refractivity contribution is 6.03. The number of carbonyl (C=O) groups excluding carboxylic acids is 22. The fraction of sp³-hybridized carbons (Fsp3) is 0.656. The van der Waals surface area contributed by atoms with Crippen LogP contribution in [-0.2, 0) is 131 Å². The molecular formula is C93H151N23O34. The van der Waals surface area contributed by atoms with Crippen molar-refractivity contribution < 1.29 is 166 Å². The minimum Gasteiger partial charge on any atom is -0.508 e. The van der Waals surface area contributed by atoms with E-state index in [0.717, 1.165) is 6.92 Å². The summed E-state index contributed by atoms with van der Waals surface area (Å²) in [4.78, 5) is 349. The summed E-state index contributed by atoms with van der Waals surface area (Å²) in [7, 11) is 0. The van der Waals surface area contributed by atoms with Crippen LogP contribution in [0.2, 0.25) is 0 Å². The number of phenols is 1. The molecule has 0 aliphatic heterocycles. The van der Waals surface area contributed by atoms with Gasteiger partial charge in [-0.3, -0.25) is 120 Å². The van der Waals surface area contributed by atoms with Crippen LogP contribution in [0.3, 0.4) is 0 Å². The van der Waals surface area contributed by atoms with E-state index in [9.17, 15) is 166 Å². The van der Waals surface area contributed by atoms with Crippen LogP contribution in [0, 0.1) is 41.4 Å². The van der Waals surface area contributed by atoms with E-state index in [2.05, 4.69) is 85.1 Å². The number of rotatable bonds is 71. The quantitative estimate of drug-likeness (QED) is 0.0288. The number of carboxylic acids is 4. The zero-order valence-electron chi connectivity index (χ0n) is 86.8. The van der Waals surface area contributed by atoms with Gasteiger partial charge in [0.05, 0.1) is 57.7 Å². The topological polar surface area (TPSA) is 938 Å². The number of nitrogens with one attached hydrogen (secondary N) is 19. The van der Waals surface area contributed by atoms with Crippen molar-refractivity contribution in [3.63, 3.8) is 0 Å². The van der Waals surface area contributed by atoms with E-state index in [-0.39, 0.29) is 48.8 Å². The monoisotopic (exact) mass is 2130 g/mol. The predicted molar refractivity (Wildman–Crippen MR) is 527 cm³/mol. The molecule has 0 aliphatic rings. The van der Waals surface area contributed by atoms with Gasteiger partial charge in [0.1, 0.15) is 108 Å². The van der Waals surface area contributed by atoms with Crippen molar-refractivity contribution >= 4 is 154 Å². The fourth-order valence-electron chi connectivity index (χ4n) is 14.3. The molecule has 21 atom stereocenters. The second kappa shape index (κ2) is 66.4. The van der Waals surface area contributed by atoms with E-state index >= 15 is 0 Å². The molecule has 0 fully saturated rings. The Kier molecular flexibility index (Phi) is 58.9. The minimum absolute atomic E-state index is 0.0142. The molecule has 0 saturated carbocycles. The molecule has 22 amide bonds. The van der Waals surface area contributed by atoms with Crippen LogP contribution in [0.15, 0.2) is 24.3 Å². The summed E-state index contributed by atoms with van der Waals surface area (Å²) in [6.07, 6.45) is -9.25. The van der Waals surface area contributed by atoms with Crippen molar-refractivity contribution in [3.05, 3.63) is 29.8 Å². The highest BCUT2D eigenvalue weighted by Crippen LogP contribution is 2.19. The molecule has 0 heterocycles. The lowest BCUT2D eigenvalue weighted by Gasteiger charge is -2.31. The van der Waals surface area contributed by atoms with Gasteiger partial charge < -0.3 is 165 Å². The molecule has 0 radical (unpaired) electrons. The van der Waals surface area contributed by atoms with E-state index in [4.69, 9.17) is 22.9 Å². The molecule has 842 valence electrons. The number of benzene rings is 1. The van der Waals surface area contributed by atoms with Crippen molar-refractivity contribution in [2.45, 2.75) is 322 Å². The Morgan fingerprint density at radius 1 is 0.300 bits per heavy atom. The minimum atomic E-state index is -2.27. The number of carbonyl (C=O) groups is 26. The highest BCUT2D eigenvalue weighted by Gasteiger charge is 2.43. The van der Waals surface area contributed by atoms with Crippen LogP contribution in [0.1, 0.15) is 206 Å². The van der Waals surface area contributed by atoms with Gasteiger partial charge in [-0.25, -0.2) is 4.79 Å². The molecule has 57 nitrogen and oxygen atoms in total. The van der Waals surface area contributed by atoms with Crippen molar-refractivity contribution in [3.8, 4) is 5.75 Å². The average Bonchev–Trinajstić information content (AvgIpc) is 0.840. The smallest absolute Gasteiger partial charge is 0.326 e. The summed E-state index contributed by atoms with van der Waals surface area (Å²) in [6.45, 7) is 19.8. The first-order valence-corrected chi connectivity index (χ1v) is 48.7. The molecule has 0 aliphatic carbocycles. The van der Waals surface area contributed by atoms with Crippen LogP contribution >= 0.6 is 0 Å². The Morgan fingerprint density at radius 3 is 1.03 bits per heavy atom. The maximum absolute atomic E-state index is 14.6. The summed E-state index contributed by atoms with van der Waals surface area (Å²) < 4.78 is 0. The number of carboxylic acid groups (broad SMARTS) is 4. The Hall–Kier alpha value is -14.9. The predicted octanol–water partition coefficient (Wildman–Crippen LogP) is -10.0. The van der Waals surface area contributed by atoms with Crippen LogP contribution in [-0.4, -0.2) is 336 Å². The van der Waals surface area contributed by atoms with Gasteiger partial charge in [0.25, 0.3) is 0 Å². The van der Waals surface area contributed by atoms with Crippen LogP contribution in [0.4, 0.5) is 0 Å². The zero-order valence-corrected chi connectivity index (χ0v) is 86.8. The third-order valence-corrected chi connectivity index (χ3v) is 23.1. The number of nitrogens with two attached hydrogens (primary N) is 4. The van der Waals surface area contributed by atoms with Crippen molar-refractivity contribution in [2.24, 2.45) is 64.4 Å². The third-order valence-electron chi connectivity index (χ3n) is 23.1. The molecule has 1 aromatic carbocycles. The molecule has 0 aromatic heterocycles. The molecule has 0 saturated heterocycles. The van der Waals surface area contributed by atoms with E-state index in [1.54, 1.807) is 62.3 Å². The molecule has 0 unspecified atom stereocenters. The van der Waals surface area contributed by atoms with Crippen molar-refractivity contribution in [1.29, 1.82) is 0 Å². The molecule has 35 N–H and O–H groups in total. The second-order valence-corrected chi connectivity index (χ2v) is 38.3. The molecule has 1 aromatic rings. The van der Waals surface area contributed by atoms with E-state index in [0.29, 0.717) is 6.42 Å². The lowest BCUT2D eigenvalue weighted by atomic mass is 9.95. The Labute approximate surface area is 865 Å². The first-order valence-electron chi connectivity index (χ1n) is 48.7. The number of aromatic hydroxyl groups is 1. The molecule has 0 bridgehead atoms. The maximum atomic E-state index is 14.6. The Bertz CT molecular complexity index is 4870. The lowest BCUT2D eigenvalue weighted by Crippen LogP contribution is -2.63. The van der Waals surface area contributed by atoms with Gasteiger partial charge in [-0.05, 0) is 111 Å². The van der Waals surface area contributed by atoms with Gasteiger partial charge in [-0.15, -0.1) is 0 Å². The normalized spacial score (nSPS) is 15.4. The van der Waals surface area contributed by atoms with Gasteiger partial charge >= 0.3 is 23.9 Å². The van der Waals surface area contributed by atoms with Crippen LogP contribution in [0.25, 0.3) is 0 Å². The largest absolute Gasteiger partial charge is 0.508 e. The van der Waals surface area contributed by atoms with Crippen LogP contribution < -0.4 is 124 Å². The first kappa shape index (κ1) is 133. The number of aliphatic carboxylic acids is 4. The summed E-state index contributed by atoms with van der Waals surface area (Å²) in [6, 6.07) is -26.6. The number of aliphatic hydroxyl groups excluding tert-OH is 3. The van der Waals surface area contributed by atoms with Gasteiger partial charge in [-0.2, -0.15) is 0 Å². The Morgan fingerprint density at radius 2 is 0.613 bits per heavy atom. The number of amides is 22. The second-order valence-electron chi connectivity index (χ2n) is 38.3. The zero-order chi connectivity index (χ0) is 115. The SMILES string of the molecule is CC[C@H](C)[C@H](NC(=O)CNC(=O)[C@H](CC(C)C)NC(=O)[C@H](C)NC(=O)[C@H](Cc1ccc(O)cc1)NC(=O)[C@H](CCC(N)=O)NC(=O)[C@H](CO)NC(=O)[C@H](CC(=O)O)NC(=O)[C@@H](NC(=O)[C@@H](NC(=O)[C@@H](NC(=O)[C@H](CC(N)=O)NC(=O)[C@@H](NC(=O)[C@H](CCC(=O)O)NC(=O)[C@H](CC(C)C)NC(=O)CNC(=O)[C@H](CO)NC(=O)[C@H](CC(=O)O)NC(=O)[C@H](CCC(N)=O)NC(=O)[C@@H](N)CC(C)C)C(C)C)[C@@H](C)CC)C(C)C)[C@@H](C)O)C(=O)O. The fourth-order valence-corrected chi connectivity index (χ4v) is 14.3. The van der Waals surface area contributed by atoms with E-state index in [1.165, 1.54) is 65.8 Å². The summed E-state index contributed by atoms with van der Waals surface area (Å²) in [5.74, 6) is -36.4. The first-order chi connectivity index (χ1) is 69.8. The van der Waals surface area contributed by atoms with Gasteiger partial charge in [0.15, 0.2) is 0 Å². The van der Waals surface area contributed by atoms with Gasteiger partial charge in [0, 0.05) is 25.7 Å². The van der Waals surface area contributed by atoms with E-state index < -0.39 is 389 Å². The average molecular weight is 2140 g/mol. The number of hydrogen-bond donors (Lipinski definition) is 31. The number of aliphatic hydroxyl groups is 3. The third kappa shape index (κ3) is 49.7. The summed E-state index contributed by atoms with van der Waals surface area (Å²) >= 11 is 0. The highest BCUT2D eigenvalue weighted by atomic mass is 16.4. The molecule has 57 heteroatoms. The molecule has 1 rings (SSSR count). The Balaban J connectivity index is 3.58. The maximum Gasteiger partial charge on any atom is 0.326 e. The van der Waals surface area contributed by atoms with Crippen molar-refractivity contribution in [1.82, 2.24) is 101 Å². The summed E-state index contributed by atoms with van der Waals surface area (Å²) in [5.41, 5.74) is 22.5. The van der Waals surface area contributed by atoms with Crippen molar-refractivity contribution in [2.75, 3.05) is 26.3 Å². The van der Waals surface area contributed by atoms with Crippen LogP contribution in [0.5, 0.6) is 5.75 Å². The standard InChI is InChI=1S/C93H151N23O34/c1-17-45(13)73(115-87(143)58(33-65(97)123)108-89(145)71(43(9)10)113-82(138)54(25-28-68(126)127)103-84(140)56(31-42(7)8)101-66(124)36-99-79(135)61(38-117)110-85(141)59(34-69(128)129)107-80(136)52(23-26-63(95)121)102-77(133)51(94)29-40(3)4)91(147)114-72(44(11)12)90(146)116-75(48(16)119)92(148)109-60(35-70(130)131)86(142)111-62(39-118)88(144)104-53(24-27-64(96)122)81(137)106-57(32-49-19-21-50(120)22-20-49)83(139)100-47(15)76(132)105-55(30-41(5)6)78(134)98-37-67(125)112-74(93(149)150)46(14)18-2/h19-22,40-48,51-62,71-75,117-120H,17-18,23-39,94H2,1-16H3,(H2,95,121)(H2,96,122)(H2,97,123)(H,98,134)(H,99,135)(H,100,139)(H,101,124)(H,102,133)(H,103,140)(H,104,144)(H,105,132)(H,106,137)(H,107,136)(H,108,145)(H,109,148)(H,110,141)(H,111,142)(H,112,125)(H,113,138)(H,114,147)(H,115,143)(H,116,146)(H,126,127)(H,128,129)(H,130,131)(H,149,150)/t45-,46-,47-,48+,51-,52-,53-,54-,55-,56-,57-,58-,59-,60-,61-,62-,71-,72-,73-,74-,75-/m0/s1. The van der Waals surface area contributed by atoms with E-state index in [1.807, 2.05) is 16.0 Å². The van der Waals surface area contributed by atoms with Gasteiger partial charge in [0.2, 0.25) is 130 Å². The number of phenolic OH excluding ortho intramolecular Hbond substituents is 1. The lowest BCUT2D eigenvalue weighted by molar-refractivity contribution is -0.143. The molecule has 0 spiro atoms. The molecule has 150 heavy (non-hydrogen) atoms. The number of hydrogen-bond acceptors (Lipinski definition) is 31. The number of primary amides is 3.